The summed E-state index contributed by atoms with van der Waals surface area (Å²) in [6, 6.07) is 10.6. The molecule has 0 saturated heterocycles. The molecule has 0 amide bonds. The van der Waals surface area contributed by atoms with Crippen molar-refractivity contribution < 1.29 is 0 Å². The van der Waals surface area contributed by atoms with E-state index in [4.69, 9.17) is 0 Å². The molecule has 0 bridgehead atoms. The van der Waals surface area contributed by atoms with Crippen LogP contribution in [0.5, 0.6) is 0 Å². The Morgan fingerprint density at radius 3 is 2.58 bits per heavy atom. The summed E-state index contributed by atoms with van der Waals surface area (Å²) in [6.07, 6.45) is 5.00. The molecule has 1 aromatic rings. The van der Waals surface area contributed by atoms with E-state index >= 15 is 0 Å². The van der Waals surface area contributed by atoms with E-state index in [9.17, 15) is 0 Å². The van der Waals surface area contributed by atoms with Crippen molar-refractivity contribution in [2.45, 2.75) is 32.4 Å². The van der Waals surface area contributed by atoms with Gasteiger partial charge in [0, 0.05) is 0 Å². The van der Waals surface area contributed by atoms with E-state index in [1.165, 1.54) is 24.7 Å². The Morgan fingerprint density at radius 1 is 1.17 bits per heavy atom. The van der Waals surface area contributed by atoms with Gasteiger partial charge in [0.25, 0.3) is 0 Å². The number of benzene rings is 1. The molecule has 1 aromatic carbocycles. The van der Waals surface area contributed by atoms with Gasteiger partial charge < -0.3 is 0 Å². The van der Waals surface area contributed by atoms with Gasteiger partial charge in [-0.2, -0.15) is 0 Å². The molecule has 0 atom stereocenters. The molecule has 0 aliphatic heterocycles. The summed E-state index contributed by atoms with van der Waals surface area (Å²) in [4.78, 5) is 0. The molecular formula is C11H16B. The first kappa shape index (κ1) is 9.37. The van der Waals surface area contributed by atoms with Crippen LogP contribution in [0.2, 0.25) is 6.32 Å². The molecule has 0 aromatic heterocycles. The van der Waals surface area contributed by atoms with Gasteiger partial charge in [-0.3, -0.25) is 0 Å². The van der Waals surface area contributed by atoms with Crippen LogP contribution >= 0.6 is 0 Å². The Hall–Kier alpha value is -0.715. The fraction of sp³-hybridized carbons (Fsp3) is 0.455. The van der Waals surface area contributed by atoms with Crippen LogP contribution in [0.25, 0.3) is 0 Å². The number of hydrogen-bond donors (Lipinski definition) is 0. The maximum absolute atomic E-state index is 2.37. The standard InChI is InChI=1S/C11H16B/c1-2-3-9-12-10-11-7-5-4-6-8-11/h4-8H,2-3,9-10H2,1H3. The van der Waals surface area contributed by atoms with Crippen molar-refractivity contribution in [2.24, 2.45) is 0 Å². The average Bonchev–Trinajstić information content (AvgIpc) is 2.14. The van der Waals surface area contributed by atoms with Crippen LogP contribution in [0, 0.1) is 0 Å². The molecule has 0 heterocycles. The Kier molecular flexibility index (Phi) is 4.59. The lowest BCUT2D eigenvalue weighted by Crippen LogP contribution is -1.95. The van der Waals surface area contributed by atoms with Gasteiger partial charge in [0.15, 0.2) is 0 Å². The van der Waals surface area contributed by atoms with Crippen molar-refractivity contribution in [1.29, 1.82) is 0 Å². The van der Waals surface area contributed by atoms with Gasteiger partial charge >= 0.3 is 0 Å². The van der Waals surface area contributed by atoms with Gasteiger partial charge in [0.2, 0.25) is 0 Å². The van der Waals surface area contributed by atoms with Crippen LogP contribution in [0.15, 0.2) is 30.3 Å². The molecule has 0 saturated carbocycles. The second-order valence-electron chi connectivity index (χ2n) is 3.12. The van der Waals surface area contributed by atoms with Crippen LogP contribution in [-0.2, 0) is 6.32 Å². The van der Waals surface area contributed by atoms with Gasteiger partial charge in [-0.1, -0.05) is 68.3 Å². The van der Waals surface area contributed by atoms with Crippen molar-refractivity contribution in [2.75, 3.05) is 0 Å². The summed E-state index contributed by atoms with van der Waals surface area (Å²) in [5, 5.41) is 0. The molecule has 63 valence electrons. The van der Waals surface area contributed by atoms with Crippen molar-refractivity contribution in [3.05, 3.63) is 35.9 Å². The van der Waals surface area contributed by atoms with Gasteiger partial charge in [0.1, 0.15) is 7.28 Å². The highest BCUT2D eigenvalue weighted by Gasteiger charge is 1.92. The molecule has 12 heavy (non-hydrogen) atoms. The molecule has 0 unspecified atom stereocenters. The predicted molar refractivity (Wildman–Crippen MR) is 55.6 cm³/mol. The minimum atomic E-state index is 1.13. The second-order valence-corrected chi connectivity index (χ2v) is 3.12. The van der Waals surface area contributed by atoms with E-state index in [0.717, 1.165) is 6.32 Å². The smallest absolute Gasteiger partial charge is 0.0799 e. The molecule has 0 aliphatic rings. The van der Waals surface area contributed by atoms with Gasteiger partial charge in [-0.05, 0) is 0 Å². The van der Waals surface area contributed by atoms with Gasteiger partial charge in [-0.15, -0.1) is 0 Å². The van der Waals surface area contributed by atoms with Crippen molar-refractivity contribution in [3.8, 4) is 0 Å². The number of hydrogen-bond acceptors (Lipinski definition) is 0. The van der Waals surface area contributed by atoms with Crippen molar-refractivity contribution in [1.82, 2.24) is 0 Å². The minimum Gasteiger partial charge on any atom is -0.0799 e. The molecule has 0 nitrogen and oxygen atoms in total. The van der Waals surface area contributed by atoms with Crippen LogP contribution in [-0.4, -0.2) is 7.28 Å². The first-order chi connectivity index (χ1) is 5.93. The Balaban J connectivity index is 2.16. The van der Waals surface area contributed by atoms with Crippen LogP contribution in [0.3, 0.4) is 0 Å². The summed E-state index contributed by atoms with van der Waals surface area (Å²) in [5.41, 5.74) is 1.42. The van der Waals surface area contributed by atoms with E-state index in [2.05, 4.69) is 44.5 Å². The molecule has 1 heteroatoms. The second kappa shape index (κ2) is 5.88. The fourth-order valence-corrected chi connectivity index (χ4v) is 1.23. The topological polar surface area (TPSA) is 0 Å². The summed E-state index contributed by atoms with van der Waals surface area (Å²) in [5.74, 6) is 0. The van der Waals surface area contributed by atoms with Crippen LogP contribution in [0.1, 0.15) is 25.3 Å². The highest BCUT2D eigenvalue weighted by Crippen LogP contribution is 2.01. The lowest BCUT2D eigenvalue weighted by atomic mass is 9.68. The largest absolute Gasteiger partial charge is 0.115 e. The maximum atomic E-state index is 2.37. The van der Waals surface area contributed by atoms with E-state index in [-0.39, 0.29) is 0 Å². The maximum Gasteiger partial charge on any atom is 0.115 e. The Morgan fingerprint density at radius 2 is 1.92 bits per heavy atom. The highest BCUT2D eigenvalue weighted by atomic mass is 13.9. The van der Waals surface area contributed by atoms with Gasteiger partial charge in [-0.25, -0.2) is 0 Å². The SMILES string of the molecule is CCCC[B]Cc1ccccc1. The third-order valence-electron chi connectivity index (χ3n) is 1.98. The third-order valence-corrected chi connectivity index (χ3v) is 1.98. The summed E-state index contributed by atoms with van der Waals surface area (Å²) in [6.45, 7) is 2.23. The van der Waals surface area contributed by atoms with E-state index in [1.807, 2.05) is 0 Å². The summed E-state index contributed by atoms with van der Waals surface area (Å²) in [7, 11) is 2.37. The van der Waals surface area contributed by atoms with E-state index < -0.39 is 0 Å². The fourth-order valence-electron chi connectivity index (χ4n) is 1.23. The zero-order chi connectivity index (χ0) is 8.65. The van der Waals surface area contributed by atoms with E-state index in [1.54, 1.807) is 0 Å². The lowest BCUT2D eigenvalue weighted by Gasteiger charge is -1.98. The molecule has 0 spiro atoms. The Bertz CT molecular complexity index is 193. The monoisotopic (exact) mass is 159 g/mol. The normalized spacial score (nSPS) is 9.75. The van der Waals surface area contributed by atoms with Crippen LogP contribution < -0.4 is 0 Å². The number of unbranched alkanes of at least 4 members (excludes halogenated alkanes) is 1. The highest BCUT2D eigenvalue weighted by molar-refractivity contribution is 6.34. The summed E-state index contributed by atoms with van der Waals surface area (Å²) >= 11 is 0. The molecule has 0 N–H and O–H groups in total. The molecule has 1 radical (unpaired) electrons. The first-order valence-electron chi connectivity index (χ1n) is 4.79. The van der Waals surface area contributed by atoms with Gasteiger partial charge in [0.05, 0.1) is 0 Å². The third kappa shape index (κ3) is 3.61. The van der Waals surface area contributed by atoms with Crippen molar-refractivity contribution in [3.63, 3.8) is 0 Å². The molecule has 0 fully saturated rings. The predicted octanol–water partition coefficient (Wildman–Crippen LogP) is 3.11. The zero-order valence-corrected chi connectivity index (χ0v) is 7.79. The molecule has 1 rings (SSSR count). The Labute approximate surface area is 76.2 Å². The number of rotatable bonds is 5. The summed E-state index contributed by atoms with van der Waals surface area (Å²) < 4.78 is 0. The average molecular weight is 159 g/mol. The molecule has 0 aliphatic carbocycles. The zero-order valence-electron chi connectivity index (χ0n) is 7.79. The van der Waals surface area contributed by atoms with Crippen molar-refractivity contribution >= 4 is 7.28 Å². The van der Waals surface area contributed by atoms with E-state index in [0.29, 0.717) is 0 Å². The quantitative estimate of drug-likeness (QED) is 0.457. The van der Waals surface area contributed by atoms with Crippen LogP contribution in [0.4, 0.5) is 0 Å². The minimum absolute atomic E-state index is 1.13. The first-order valence-corrected chi connectivity index (χ1v) is 4.79. The molecular weight excluding hydrogens is 143 g/mol. The lowest BCUT2D eigenvalue weighted by molar-refractivity contribution is 0.877.